The van der Waals surface area contributed by atoms with E-state index in [9.17, 15) is 10.2 Å². The van der Waals surface area contributed by atoms with Crippen LogP contribution in [0.5, 0.6) is 0 Å². The van der Waals surface area contributed by atoms with Gasteiger partial charge in [0.15, 0.2) is 0 Å². The molecule has 0 heterocycles. The van der Waals surface area contributed by atoms with Gasteiger partial charge in [-0.15, -0.1) is 0 Å². The van der Waals surface area contributed by atoms with Crippen LogP contribution in [-0.4, -0.2) is 22.4 Å². The smallest absolute Gasteiger partial charge is 0.0591 e. The van der Waals surface area contributed by atoms with E-state index in [0.717, 1.165) is 18.8 Å². The third-order valence-electron chi connectivity index (χ3n) is 7.36. The summed E-state index contributed by atoms with van der Waals surface area (Å²) in [6.07, 6.45) is 33.6. The highest BCUT2D eigenvalue weighted by Crippen LogP contribution is 2.22. The third kappa shape index (κ3) is 36.1. The van der Waals surface area contributed by atoms with Gasteiger partial charge in [0, 0.05) is 6.61 Å². The summed E-state index contributed by atoms with van der Waals surface area (Å²) in [5.74, 6) is 0.788. The molecule has 0 aliphatic rings. The Morgan fingerprint density at radius 1 is 0.457 bits per heavy atom. The van der Waals surface area contributed by atoms with Gasteiger partial charge in [-0.25, -0.2) is 0 Å². The lowest BCUT2D eigenvalue weighted by Gasteiger charge is -2.16. The van der Waals surface area contributed by atoms with E-state index in [2.05, 4.69) is 20.8 Å². The SMILES string of the molecule is CCCCCCCCCC(C)(C)O.CCCCCCCCCCC(CCO)CCCCCCCC. The second-order valence-corrected chi connectivity index (χ2v) is 11.9. The zero-order valence-corrected chi connectivity index (χ0v) is 25.4. The standard InChI is InChI=1S/C21H44O.C12H26O/c1-3-5-7-9-11-12-14-16-18-21(19-20-22)17-15-13-10-8-6-4-2;1-4-5-6-7-8-9-10-11-12(2,3)13/h21-22H,3-20H2,1-2H3;13H,4-11H2,1-3H3. The van der Waals surface area contributed by atoms with Crippen molar-refractivity contribution in [1.82, 2.24) is 0 Å². The van der Waals surface area contributed by atoms with Crippen molar-refractivity contribution in [2.24, 2.45) is 5.92 Å². The largest absolute Gasteiger partial charge is 0.396 e. The molecule has 0 aromatic heterocycles. The number of hydrogen-bond acceptors (Lipinski definition) is 2. The molecule has 214 valence electrons. The molecule has 2 N–H and O–H groups in total. The van der Waals surface area contributed by atoms with Gasteiger partial charge < -0.3 is 10.2 Å². The van der Waals surface area contributed by atoms with Crippen LogP contribution in [-0.2, 0) is 0 Å². The summed E-state index contributed by atoms with van der Waals surface area (Å²) in [4.78, 5) is 0. The van der Waals surface area contributed by atoms with E-state index in [-0.39, 0.29) is 0 Å². The second kappa shape index (κ2) is 30.1. The van der Waals surface area contributed by atoms with Crippen molar-refractivity contribution in [3.05, 3.63) is 0 Å². The molecule has 1 atom stereocenters. The van der Waals surface area contributed by atoms with E-state index in [0.29, 0.717) is 6.61 Å². The highest BCUT2D eigenvalue weighted by molar-refractivity contribution is 4.64. The van der Waals surface area contributed by atoms with E-state index in [1.807, 2.05) is 13.8 Å². The quantitative estimate of drug-likeness (QED) is 0.116. The molecule has 0 aliphatic heterocycles. The van der Waals surface area contributed by atoms with Crippen molar-refractivity contribution in [2.45, 2.75) is 201 Å². The fourth-order valence-corrected chi connectivity index (χ4v) is 4.91. The zero-order chi connectivity index (χ0) is 26.5. The van der Waals surface area contributed by atoms with Gasteiger partial charge in [0.1, 0.15) is 0 Å². The maximum atomic E-state index is 9.46. The number of hydrogen-bond donors (Lipinski definition) is 2. The van der Waals surface area contributed by atoms with E-state index < -0.39 is 5.60 Å². The minimum Gasteiger partial charge on any atom is -0.396 e. The van der Waals surface area contributed by atoms with Gasteiger partial charge in [-0.2, -0.15) is 0 Å². The van der Waals surface area contributed by atoms with Gasteiger partial charge in [0.25, 0.3) is 0 Å². The van der Waals surface area contributed by atoms with Crippen LogP contribution in [0.15, 0.2) is 0 Å². The molecule has 0 radical (unpaired) electrons. The lowest BCUT2D eigenvalue weighted by molar-refractivity contribution is 0.0680. The average Bonchev–Trinajstić information content (AvgIpc) is 2.82. The number of aliphatic hydroxyl groups excluding tert-OH is 1. The first-order chi connectivity index (χ1) is 16.9. The first kappa shape index (κ1) is 37.1. The molecule has 0 bridgehead atoms. The van der Waals surface area contributed by atoms with Gasteiger partial charge >= 0.3 is 0 Å². The van der Waals surface area contributed by atoms with Crippen molar-refractivity contribution in [1.29, 1.82) is 0 Å². The predicted molar refractivity (Wildman–Crippen MR) is 159 cm³/mol. The Bertz CT molecular complexity index is 361. The summed E-state index contributed by atoms with van der Waals surface area (Å²) in [5, 5.41) is 18.7. The molecule has 35 heavy (non-hydrogen) atoms. The summed E-state index contributed by atoms with van der Waals surface area (Å²) in [6.45, 7) is 11.0. The van der Waals surface area contributed by atoms with E-state index >= 15 is 0 Å². The molecular weight excluding hydrogens is 428 g/mol. The Morgan fingerprint density at radius 3 is 1.09 bits per heavy atom. The van der Waals surface area contributed by atoms with E-state index in [4.69, 9.17) is 0 Å². The number of rotatable bonds is 26. The number of unbranched alkanes of at least 4 members (excludes halogenated alkanes) is 18. The molecule has 2 heteroatoms. The van der Waals surface area contributed by atoms with Crippen LogP contribution in [0.1, 0.15) is 195 Å². The Kier molecular flexibility index (Phi) is 31.9. The fraction of sp³-hybridized carbons (Fsp3) is 1.00. The topological polar surface area (TPSA) is 40.5 Å². The molecule has 0 aliphatic carbocycles. The molecular formula is C33H70O2. The molecule has 1 unspecified atom stereocenters. The Labute approximate surface area is 223 Å². The molecule has 0 spiro atoms. The first-order valence-corrected chi connectivity index (χ1v) is 16.2. The van der Waals surface area contributed by atoms with Crippen LogP contribution in [0.3, 0.4) is 0 Å². The highest BCUT2D eigenvalue weighted by Gasteiger charge is 2.10. The Balaban J connectivity index is 0. The minimum atomic E-state index is -0.455. The second-order valence-electron chi connectivity index (χ2n) is 11.9. The maximum absolute atomic E-state index is 9.46. The molecule has 0 saturated carbocycles. The normalized spacial score (nSPS) is 12.4. The maximum Gasteiger partial charge on any atom is 0.0591 e. The Morgan fingerprint density at radius 2 is 0.771 bits per heavy atom. The van der Waals surface area contributed by atoms with Crippen LogP contribution in [0.2, 0.25) is 0 Å². The van der Waals surface area contributed by atoms with E-state index in [1.165, 1.54) is 148 Å². The van der Waals surface area contributed by atoms with Gasteiger partial charge in [0.05, 0.1) is 5.60 Å². The van der Waals surface area contributed by atoms with Crippen molar-refractivity contribution in [3.8, 4) is 0 Å². The van der Waals surface area contributed by atoms with Crippen LogP contribution in [0.25, 0.3) is 0 Å². The summed E-state index contributed by atoms with van der Waals surface area (Å²) < 4.78 is 0. The summed E-state index contributed by atoms with van der Waals surface area (Å²) in [5.41, 5.74) is -0.455. The van der Waals surface area contributed by atoms with Crippen LogP contribution >= 0.6 is 0 Å². The highest BCUT2D eigenvalue weighted by atomic mass is 16.3. The molecule has 0 aromatic rings. The van der Waals surface area contributed by atoms with Crippen molar-refractivity contribution in [3.63, 3.8) is 0 Å². The molecule has 0 fully saturated rings. The van der Waals surface area contributed by atoms with Gasteiger partial charge in [-0.05, 0) is 32.6 Å². The fourth-order valence-electron chi connectivity index (χ4n) is 4.91. The van der Waals surface area contributed by atoms with E-state index in [1.54, 1.807) is 0 Å². The summed E-state index contributed by atoms with van der Waals surface area (Å²) in [7, 11) is 0. The summed E-state index contributed by atoms with van der Waals surface area (Å²) >= 11 is 0. The molecule has 0 rings (SSSR count). The first-order valence-electron chi connectivity index (χ1n) is 16.2. The van der Waals surface area contributed by atoms with Crippen molar-refractivity contribution >= 4 is 0 Å². The monoisotopic (exact) mass is 499 g/mol. The van der Waals surface area contributed by atoms with Crippen LogP contribution < -0.4 is 0 Å². The zero-order valence-electron chi connectivity index (χ0n) is 25.4. The van der Waals surface area contributed by atoms with Gasteiger partial charge in [-0.1, -0.05) is 168 Å². The third-order valence-corrected chi connectivity index (χ3v) is 7.36. The molecule has 0 amide bonds. The molecule has 2 nitrogen and oxygen atoms in total. The van der Waals surface area contributed by atoms with Crippen LogP contribution in [0.4, 0.5) is 0 Å². The number of aliphatic hydroxyl groups is 2. The average molecular weight is 499 g/mol. The minimum absolute atomic E-state index is 0.386. The lowest BCUT2D eigenvalue weighted by Crippen LogP contribution is -2.17. The van der Waals surface area contributed by atoms with Crippen molar-refractivity contribution in [2.75, 3.05) is 6.61 Å². The molecule has 0 saturated heterocycles. The van der Waals surface area contributed by atoms with Gasteiger partial charge in [0.2, 0.25) is 0 Å². The van der Waals surface area contributed by atoms with Crippen molar-refractivity contribution < 1.29 is 10.2 Å². The predicted octanol–water partition coefficient (Wildman–Crippen LogP) is 11.2. The molecule has 0 aromatic carbocycles. The van der Waals surface area contributed by atoms with Gasteiger partial charge in [-0.3, -0.25) is 0 Å². The lowest BCUT2D eigenvalue weighted by atomic mass is 9.92. The summed E-state index contributed by atoms with van der Waals surface area (Å²) in [6, 6.07) is 0. The van der Waals surface area contributed by atoms with Crippen LogP contribution in [0, 0.1) is 5.92 Å². The Hall–Kier alpha value is -0.0800.